The lowest BCUT2D eigenvalue weighted by Gasteiger charge is -2.27. The van der Waals surface area contributed by atoms with E-state index in [2.05, 4.69) is 28.3 Å². The number of aromatic nitrogens is 2. The third-order valence-corrected chi connectivity index (χ3v) is 5.60. The molecule has 174 valence electrons. The van der Waals surface area contributed by atoms with Crippen molar-refractivity contribution in [1.29, 1.82) is 0 Å². The summed E-state index contributed by atoms with van der Waals surface area (Å²) in [6, 6.07) is 8.08. The zero-order valence-corrected chi connectivity index (χ0v) is 18.5. The summed E-state index contributed by atoms with van der Waals surface area (Å²) in [5.74, 6) is 1.70. The Morgan fingerprint density at radius 1 is 1.25 bits per heavy atom. The van der Waals surface area contributed by atoms with Crippen molar-refractivity contribution in [2.24, 2.45) is 0 Å². The van der Waals surface area contributed by atoms with E-state index in [1.807, 2.05) is 29.1 Å². The molecule has 9 heteroatoms. The molecular weight excluding hydrogens is 412 g/mol. The number of nitrogens with zero attached hydrogens (tertiary/aromatic N) is 3. The van der Waals surface area contributed by atoms with Gasteiger partial charge in [0, 0.05) is 49.6 Å². The van der Waals surface area contributed by atoms with Gasteiger partial charge in [-0.05, 0) is 18.9 Å². The highest BCUT2D eigenvalue weighted by atomic mass is 16.5. The van der Waals surface area contributed by atoms with Gasteiger partial charge in [0.2, 0.25) is 5.91 Å². The summed E-state index contributed by atoms with van der Waals surface area (Å²) in [4.78, 5) is 23.2. The van der Waals surface area contributed by atoms with Crippen LogP contribution in [-0.4, -0.2) is 71.6 Å². The van der Waals surface area contributed by atoms with Crippen LogP contribution < -0.4 is 10.1 Å². The molecule has 2 aliphatic heterocycles. The van der Waals surface area contributed by atoms with E-state index in [0.29, 0.717) is 13.0 Å². The minimum atomic E-state index is -0.250. The van der Waals surface area contributed by atoms with Gasteiger partial charge in [-0.25, -0.2) is 4.68 Å². The largest absolute Gasteiger partial charge is 0.493 e. The first-order valence-corrected chi connectivity index (χ1v) is 11.1. The van der Waals surface area contributed by atoms with Crippen LogP contribution in [0.4, 0.5) is 5.82 Å². The van der Waals surface area contributed by atoms with Crippen LogP contribution in [-0.2, 0) is 20.9 Å². The summed E-state index contributed by atoms with van der Waals surface area (Å²) in [7, 11) is 0. The van der Waals surface area contributed by atoms with E-state index in [0.717, 1.165) is 74.9 Å². The average molecular weight is 445 g/mol. The number of carboxylic acid groups (broad SMARTS) is 1. The second-order valence-corrected chi connectivity index (χ2v) is 7.78. The minimum absolute atomic E-state index is 0.0280. The van der Waals surface area contributed by atoms with Crippen LogP contribution in [0.15, 0.2) is 30.5 Å². The molecule has 4 rings (SSSR count). The van der Waals surface area contributed by atoms with Crippen LogP contribution in [0.2, 0.25) is 0 Å². The number of morpholine rings is 1. The maximum atomic E-state index is 12.4. The molecule has 1 unspecified atom stereocenters. The molecule has 0 aliphatic carbocycles. The Balaban J connectivity index is 0.000000913. The third kappa shape index (κ3) is 6.08. The van der Waals surface area contributed by atoms with Crippen molar-refractivity contribution in [2.75, 3.05) is 44.8 Å². The molecule has 1 saturated heterocycles. The molecule has 0 radical (unpaired) electrons. The van der Waals surface area contributed by atoms with Crippen molar-refractivity contribution in [3.63, 3.8) is 0 Å². The number of ether oxygens (including phenoxy) is 2. The normalized spacial score (nSPS) is 18.2. The zero-order chi connectivity index (χ0) is 22.8. The van der Waals surface area contributed by atoms with Crippen molar-refractivity contribution >= 4 is 18.2 Å². The fourth-order valence-corrected chi connectivity index (χ4v) is 4.12. The van der Waals surface area contributed by atoms with Crippen molar-refractivity contribution in [3.8, 4) is 5.75 Å². The van der Waals surface area contributed by atoms with Gasteiger partial charge in [0.05, 0.1) is 26.0 Å². The summed E-state index contributed by atoms with van der Waals surface area (Å²) in [6.07, 6.45) is 4.25. The van der Waals surface area contributed by atoms with Gasteiger partial charge in [0.15, 0.2) is 0 Å². The summed E-state index contributed by atoms with van der Waals surface area (Å²) < 4.78 is 13.5. The molecule has 2 aromatic rings. The molecule has 3 heterocycles. The van der Waals surface area contributed by atoms with E-state index in [1.165, 1.54) is 0 Å². The van der Waals surface area contributed by atoms with Gasteiger partial charge in [-0.15, -0.1) is 0 Å². The predicted octanol–water partition coefficient (Wildman–Crippen LogP) is 2.57. The molecular formula is C23H32N4O5. The summed E-state index contributed by atoms with van der Waals surface area (Å²) in [6.45, 7) is 7.97. The van der Waals surface area contributed by atoms with E-state index in [4.69, 9.17) is 19.4 Å². The van der Waals surface area contributed by atoms with Gasteiger partial charge in [-0.1, -0.05) is 25.1 Å². The number of amides is 1. The quantitative estimate of drug-likeness (QED) is 0.476. The molecule has 1 aromatic carbocycles. The van der Waals surface area contributed by atoms with Gasteiger partial charge in [-0.2, -0.15) is 5.10 Å². The molecule has 0 bridgehead atoms. The molecule has 32 heavy (non-hydrogen) atoms. The second-order valence-electron chi connectivity index (χ2n) is 7.78. The number of para-hydroxylation sites is 1. The summed E-state index contributed by atoms with van der Waals surface area (Å²) in [5, 5.41) is 14.4. The van der Waals surface area contributed by atoms with Gasteiger partial charge >= 0.3 is 0 Å². The van der Waals surface area contributed by atoms with E-state index < -0.39 is 0 Å². The SMILES string of the molecule is CCCn1ncc2c1NC(=O)CC2c1ccccc1OCCCN1CCOCC1.O=CO. The zero-order valence-electron chi connectivity index (χ0n) is 18.5. The number of carbonyl (C=O) groups excluding carboxylic acids is 1. The maximum absolute atomic E-state index is 12.4. The summed E-state index contributed by atoms with van der Waals surface area (Å²) >= 11 is 0. The van der Waals surface area contributed by atoms with Crippen LogP contribution >= 0.6 is 0 Å². The van der Waals surface area contributed by atoms with Gasteiger partial charge in [0.25, 0.3) is 6.47 Å². The first-order chi connectivity index (χ1) is 15.7. The van der Waals surface area contributed by atoms with E-state index >= 15 is 0 Å². The van der Waals surface area contributed by atoms with E-state index in [-0.39, 0.29) is 18.3 Å². The van der Waals surface area contributed by atoms with Crippen molar-refractivity contribution in [2.45, 2.75) is 38.6 Å². The van der Waals surface area contributed by atoms with Crippen LogP contribution in [0.3, 0.4) is 0 Å². The number of fused-ring (bicyclic) bond motifs is 1. The first kappa shape index (κ1) is 23.7. The van der Waals surface area contributed by atoms with E-state index in [9.17, 15) is 4.79 Å². The number of nitrogens with one attached hydrogen (secondary N) is 1. The molecule has 1 atom stereocenters. The molecule has 0 saturated carbocycles. The fourth-order valence-electron chi connectivity index (χ4n) is 4.12. The number of benzene rings is 1. The van der Waals surface area contributed by atoms with Gasteiger partial charge in [0.1, 0.15) is 11.6 Å². The van der Waals surface area contributed by atoms with Gasteiger partial charge < -0.3 is 19.9 Å². The Hall–Kier alpha value is -2.91. The molecule has 1 fully saturated rings. The van der Waals surface area contributed by atoms with Crippen LogP contribution in [0.25, 0.3) is 0 Å². The Labute approximate surface area is 188 Å². The predicted molar refractivity (Wildman–Crippen MR) is 120 cm³/mol. The topological polar surface area (TPSA) is 106 Å². The number of carbonyl (C=O) groups is 2. The fraction of sp³-hybridized carbons (Fsp3) is 0.522. The molecule has 0 spiro atoms. The second kappa shape index (κ2) is 12.2. The van der Waals surface area contributed by atoms with Crippen molar-refractivity contribution in [3.05, 3.63) is 41.6 Å². The Bertz CT molecular complexity index is 879. The number of rotatable bonds is 8. The average Bonchev–Trinajstić information content (AvgIpc) is 3.20. The minimum Gasteiger partial charge on any atom is -0.493 e. The molecule has 2 N–H and O–H groups in total. The lowest BCUT2D eigenvalue weighted by molar-refractivity contribution is -0.123. The molecule has 1 amide bonds. The highest BCUT2D eigenvalue weighted by Gasteiger charge is 2.31. The third-order valence-electron chi connectivity index (χ3n) is 5.60. The van der Waals surface area contributed by atoms with E-state index in [1.54, 1.807) is 0 Å². The number of hydrogen-bond donors (Lipinski definition) is 2. The molecule has 2 aliphatic rings. The highest BCUT2D eigenvalue weighted by Crippen LogP contribution is 2.40. The number of hydrogen-bond acceptors (Lipinski definition) is 6. The van der Waals surface area contributed by atoms with Crippen LogP contribution in [0, 0.1) is 0 Å². The van der Waals surface area contributed by atoms with Crippen LogP contribution in [0.5, 0.6) is 5.75 Å². The number of aryl methyl sites for hydroxylation is 1. The molecule has 1 aromatic heterocycles. The van der Waals surface area contributed by atoms with Crippen LogP contribution in [0.1, 0.15) is 43.2 Å². The smallest absolute Gasteiger partial charge is 0.290 e. The summed E-state index contributed by atoms with van der Waals surface area (Å²) in [5.41, 5.74) is 2.13. The van der Waals surface area contributed by atoms with Gasteiger partial charge in [-0.3, -0.25) is 14.5 Å². The van der Waals surface area contributed by atoms with Crippen molar-refractivity contribution < 1.29 is 24.2 Å². The monoisotopic (exact) mass is 444 g/mol. The molecule has 9 nitrogen and oxygen atoms in total. The Morgan fingerprint density at radius 2 is 2.00 bits per heavy atom. The Kier molecular flexibility index (Phi) is 9.06. The standard InChI is InChI=1S/C22H30N4O3.CH2O2/c1-2-8-26-22-19(16-23-26)18(15-21(27)24-22)17-6-3-4-7-20(17)29-12-5-9-25-10-13-28-14-11-25;2-1-3/h3-4,6-7,16,18H,2,5,8-15H2,1H3,(H,24,27);1H,(H,2,3). The number of anilines is 1. The first-order valence-electron chi connectivity index (χ1n) is 11.1. The lowest BCUT2D eigenvalue weighted by Crippen LogP contribution is -2.37. The highest BCUT2D eigenvalue weighted by molar-refractivity contribution is 5.94. The lowest BCUT2D eigenvalue weighted by atomic mass is 9.87. The Morgan fingerprint density at radius 3 is 2.75 bits per heavy atom. The van der Waals surface area contributed by atoms with Crippen molar-refractivity contribution in [1.82, 2.24) is 14.7 Å². The maximum Gasteiger partial charge on any atom is 0.290 e.